The summed E-state index contributed by atoms with van der Waals surface area (Å²) in [4.78, 5) is 67.1. The molecule has 1 saturated heterocycles. The molecule has 1 unspecified atom stereocenters. The summed E-state index contributed by atoms with van der Waals surface area (Å²) in [5.41, 5.74) is -0.142. The smallest absolute Gasteiger partial charge is 0.408 e. The van der Waals surface area contributed by atoms with Crippen LogP contribution < -0.4 is 19.5 Å². The van der Waals surface area contributed by atoms with Gasteiger partial charge in [-0.3, -0.25) is 19.1 Å². The Kier molecular flexibility index (Phi) is 10.2. The summed E-state index contributed by atoms with van der Waals surface area (Å²) in [6, 6.07) is 3.36. The molecule has 2 aliphatic heterocycles. The van der Waals surface area contributed by atoms with Crippen LogP contribution in [0.15, 0.2) is 30.9 Å². The summed E-state index contributed by atoms with van der Waals surface area (Å²) in [7, 11) is -2.29. The summed E-state index contributed by atoms with van der Waals surface area (Å²) >= 11 is 0. The molecule has 5 aliphatic rings. The highest BCUT2D eigenvalue weighted by Crippen LogP contribution is 2.57. The molecule has 54 heavy (non-hydrogen) atoms. The van der Waals surface area contributed by atoms with Crippen molar-refractivity contribution in [3.8, 4) is 11.6 Å². The Labute approximate surface area is 316 Å². The number of Topliss-reactive ketones (excluding diaryl/α,β-unsaturated/α-hetero) is 1. The van der Waals surface area contributed by atoms with Crippen LogP contribution in [0.2, 0.25) is 0 Å². The van der Waals surface area contributed by atoms with E-state index in [2.05, 4.69) is 16.6 Å². The number of ether oxygens (including phenoxy) is 3. The number of ketones is 1. The molecule has 3 saturated carbocycles. The maximum atomic E-state index is 14.6. The third-order valence-electron chi connectivity index (χ3n) is 11.6. The van der Waals surface area contributed by atoms with Crippen LogP contribution in [-0.2, 0) is 35.6 Å². The van der Waals surface area contributed by atoms with E-state index >= 15 is 0 Å². The molecule has 3 heterocycles. The summed E-state index contributed by atoms with van der Waals surface area (Å²) in [5.74, 6) is -0.844. The molecule has 2 aromatic rings. The predicted molar refractivity (Wildman–Crippen MR) is 198 cm³/mol. The van der Waals surface area contributed by atoms with Crippen molar-refractivity contribution in [2.24, 2.45) is 22.7 Å². The number of rotatable bonds is 8. The van der Waals surface area contributed by atoms with Crippen LogP contribution in [0, 0.1) is 22.7 Å². The molecule has 2 N–H and O–H groups in total. The van der Waals surface area contributed by atoms with Gasteiger partial charge in [-0.05, 0) is 74.3 Å². The van der Waals surface area contributed by atoms with Crippen molar-refractivity contribution in [1.29, 1.82) is 0 Å². The number of hydrogen-bond donors (Lipinski definition) is 2. The van der Waals surface area contributed by atoms with Crippen LogP contribution >= 0.6 is 0 Å². The third-order valence-corrected chi connectivity index (χ3v) is 13.5. The Morgan fingerprint density at radius 3 is 2.56 bits per heavy atom. The first-order valence-corrected chi connectivity index (χ1v) is 20.7. The molecule has 4 fully saturated rings. The van der Waals surface area contributed by atoms with E-state index < -0.39 is 73.9 Å². The van der Waals surface area contributed by atoms with Crippen LogP contribution in [0.4, 0.5) is 4.79 Å². The van der Waals surface area contributed by atoms with Crippen molar-refractivity contribution in [1.82, 2.24) is 24.9 Å². The summed E-state index contributed by atoms with van der Waals surface area (Å²) in [6.45, 7) is 9.30. The van der Waals surface area contributed by atoms with Gasteiger partial charge in [-0.25, -0.2) is 23.2 Å². The largest absolute Gasteiger partial charge is 0.497 e. The van der Waals surface area contributed by atoms with E-state index in [-0.39, 0.29) is 37.8 Å². The molecule has 2 bridgehead atoms. The number of nitrogens with one attached hydrogen (secondary N) is 2. The fourth-order valence-corrected chi connectivity index (χ4v) is 9.37. The minimum Gasteiger partial charge on any atom is -0.497 e. The predicted octanol–water partition coefficient (Wildman–Crippen LogP) is 4.39. The van der Waals surface area contributed by atoms with E-state index in [9.17, 15) is 27.6 Å². The SMILES string of the molecule is C=C[C@@H]1C[C@]1(CC(=O)[C@@H]1CC2CN1C(=O)[C@H](C(C)(C)C)NC(=O)O[C@@H]1C[C@H]1CCCCCc1nc3ccc(OC)cc3nc1O2)C(=O)NS(=O)(=O)C1CC1. The summed E-state index contributed by atoms with van der Waals surface area (Å²) < 4.78 is 45.5. The standard InChI is InChI=1S/C39H51N5O9S/c1-6-23-19-39(23,36(47)43-54(49,50)26-13-14-26)20-31(45)30-18-25-21-44(30)35(46)33(38(2,3)4)42-37(48)53-32-16-22(32)10-8-7-9-11-28-34(52-25)41-29-17-24(51-5)12-15-27(29)40-28/h6,12,15,17,22-23,25-26,30,32-33H,1,7-11,13-14,16,18-21H2,2-5H3,(H,42,48)(H,43,47)/t22-,23-,25?,30+,32-,33-,39-/m1/s1. The van der Waals surface area contributed by atoms with Crippen LogP contribution in [0.3, 0.4) is 0 Å². The van der Waals surface area contributed by atoms with E-state index in [1.165, 1.54) is 4.90 Å². The van der Waals surface area contributed by atoms with Crippen molar-refractivity contribution in [2.75, 3.05) is 13.7 Å². The molecule has 0 spiro atoms. The van der Waals surface area contributed by atoms with Crippen LogP contribution in [-0.4, -0.2) is 90.2 Å². The number of allylic oxidation sites excluding steroid dienone is 1. The van der Waals surface area contributed by atoms with Gasteiger partial charge in [0, 0.05) is 18.9 Å². The van der Waals surface area contributed by atoms with Gasteiger partial charge in [-0.2, -0.15) is 0 Å². The van der Waals surface area contributed by atoms with Gasteiger partial charge in [0.25, 0.3) is 0 Å². The van der Waals surface area contributed by atoms with Gasteiger partial charge in [0.05, 0.1) is 41.4 Å². The molecule has 3 amide bonds. The number of alkyl carbamates (subject to hydrolysis) is 1. The zero-order chi connectivity index (χ0) is 38.6. The monoisotopic (exact) mass is 765 g/mol. The number of aryl methyl sites for hydroxylation is 1. The van der Waals surface area contributed by atoms with Gasteiger partial charge in [0.15, 0.2) is 5.78 Å². The second-order valence-electron chi connectivity index (χ2n) is 16.8. The Hall–Kier alpha value is -4.27. The van der Waals surface area contributed by atoms with Gasteiger partial charge in [-0.1, -0.05) is 39.7 Å². The first kappa shape index (κ1) is 38.0. The lowest BCUT2D eigenvalue weighted by Crippen LogP contribution is -2.57. The molecule has 14 nitrogen and oxygen atoms in total. The zero-order valence-corrected chi connectivity index (χ0v) is 32.3. The number of fused-ring (bicyclic) bond motifs is 5. The Balaban J connectivity index is 1.22. The summed E-state index contributed by atoms with van der Waals surface area (Å²) in [5, 5.41) is 2.20. The van der Waals surface area contributed by atoms with Crippen molar-refractivity contribution in [3.05, 3.63) is 36.5 Å². The zero-order valence-electron chi connectivity index (χ0n) is 31.5. The Bertz CT molecular complexity index is 1960. The minimum absolute atomic E-state index is 0.000652. The van der Waals surface area contributed by atoms with Gasteiger partial charge >= 0.3 is 6.09 Å². The number of aromatic nitrogens is 2. The van der Waals surface area contributed by atoms with Gasteiger partial charge in [0.2, 0.25) is 27.7 Å². The van der Waals surface area contributed by atoms with Crippen molar-refractivity contribution < 1.29 is 41.8 Å². The first-order valence-electron chi connectivity index (χ1n) is 19.1. The molecule has 0 radical (unpaired) electrons. The maximum Gasteiger partial charge on any atom is 0.408 e. The van der Waals surface area contributed by atoms with E-state index in [1.54, 1.807) is 19.3 Å². The molecule has 7 atom stereocenters. The molecule has 3 aliphatic carbocycles. The van der Waals surface area contributed by atoms with Gasteiger partial charge < -0.3 is 24.4 Å². The lowest BCUT2D eigenvalue weighted by atomic mass is 9.85. The van der Waals surface area contributed by atoms with E-state index in [0.29, 0.717) is 47.6 Å². The second kappa shape index (κ2) is 14.4. The number of carbonyl (C=O) groups is 4. The molecular weight excluding hydrogens is 715 g/mol. The molecule has 7 rings (SSSR count). The molecule has 1 aromatic heterocycles. The van der Waals surface area contributed by atoms with Crippen LogP contribution in [0.1, 0.15) is 90.7 Å². The molecule has 15 heteroatoms. The minimum atomic E-state index is -3.86. The van der Waals surface area contributed by atoms with Crippen molar-refractivity contribution in [2.45, 2.75) is 121 Å². The van der Waals surface area contributed by atoms with E-state index in [4.69, 9.17) is 24.2 Å². The second-order valence-corrected chi connectivity index (χ2v) is 18.8. The summed E-state index contributed by atoms with van der Waals surface area (Å²) in [6.07, 6.45) is 6.03. The maximum absolute atomic E-state index is 14.6. The molecular formula is C39H51N5O9S. The molecule has 292 valence electrons. The third kappa shape index (κ3) is 7.92. The quantitative estimate of drug-likeness (QED) is 0.364. The van der Waals surface area contributed by atoms with Gasteiger partial charge in [-0.15, -0.1) is 6.58 Å². The lowest BCUT2D eigenvalue weighted by molar-refractivity contribution is -0.142. The Morgan fingerprint density at radius 1 is 1.09 bits per heavy atom. The van der Waals surface area contributed by atoms with Gasteiger partial charge in [0.1, 0.15) is 29.7 Å². The number of carbonyl (C=O) groups excluding carboxylic acids is 4. The Morgan fingerprint density at radius 2 is 1.87 bits per heavy atom. The number of benzene rings is 1. The number of hydrogen-bond acceptors (Lipinski definition) is 11. The van der Waals surface area contributed by atoms with Crippen molar-refractivity contribution in [3.63, 3.8) is 0 Å². The van der Waals surface area contributed by atoms with E-state index in [1.807, 2.05) is 32.9 Å². The number of amides is 3. The van der Waals surface area contributed by atoms with Crippen LogP contribution in [0.25, 0.3) is 11.0 Å². The fraction of sp³-hybridized carbons (Fsp3) is 0.641. The average Bonchev–Trinajstić information content (AvgIpc) is 4.04. The lowest BCUT2D eigenvalue weighted by Gasteiger charge is -2.35. The fourth-order valence-electron chi connectivity index (χ4n) is 7.98. The highest BCUT2D eigenvalue weighted by Gasteiger charge is 2.61. The normalized spacial score (nSPS) is 30.3. The topological polar surface area (TPSA) is 183 Å². The van der Waals surface area contributed by atoms with Crippen LogP contribution in [0.5, 0.6) is 11.6 Å². The highest BCUT2D eigenvalue weighted by molar-refractivity contribution is 7.90. The number of methoxy groups -OCH3 is 1. The average molecular weight is 766 g/mol. The first-order chi connectivity index (χ1) is 25.6. The number of sulfonamides is 1. The highest BCUT2D eigenvalue weighted by atomic mass is 32.2. The molecule has 1 aromatic carbocycles. The number of nitrogens with zero attached hydrogens (tertiary/aromatic N) is 3. The van der Waals surface area contributed by atoms with E-state index in [0.717, 1.165) is 32.1 Å². The van der Waals surface area contributed by atoms with Crippen molar-refractivity contribution >= 4 is 44.7 Å².